The highest BCUT2D eigenvalue weighted by molar-refractivity contribution is 5.85. The molecular weight excluding hydrogens is 300 g/mol. The van der Waals surface area contributed by atoms with Crippen molar-refractivity contribution in [3.05, 3.63) is 29.8 Å². The Morgan fingerprint density at radius 2 is 1.96 bits per heavy atom. The second-order valence-corrected chi connectivity index (χ2v) is 6.82. The molecule has 0 aromatic heterocycles. The van der Waals surface area contributed by atoms with Crippen molar-refractivity contribution in [3.8, 4) is 0 Å². The van der Waals surface area contributed by atoms with Crippen molar-refractivity contribution in [2.75, 3.05) is 25.0 Å². The Bertz CT molecular complexity index is 498. The van der Waals surface area contributed by atoms with Gasteiger partial charge in [-0.15, -0.1) is 0 Å². The Hall–Kier alpha value is -1.55. The summed E-state index contributed by atoms with van der Waals surface area (Å²) in [7, 11) is 0. The SMILES string of the molecule is CCCCCc1ccccc1NC(=O)O[C@@H](C)CN1CCCCC1. The molecule has 1 aromatic carbocycles. The number of hydrogen-bond acceptors (Lipinski definition) is 3. The van der Waals surface area contributed by atoms with Crippen LogP contribution < -0.4 is 5.32 Å². The third kappa shape index (κ3) is 6.52. The largest absolute Gasteiger partial charge is 0.445 e. The second kappa shape index (κ2) is 10.3. The second-order valence-electron chi connectivity index (χ2n) is 6.82. The van der Waals surface area contributed by atoms with Crippen LogP contribution in [-0.4, -0.2) is 36.7 Å². The predicted molar refractivity (Wildman–Crippen MR) is 99.5 cm³/mol. The number of likely N-dealkylation sites (tertiary alicyclic amines) is 1. The van der Waals surface area contributed by atoms with Crippen LogP contribution in [0.3, 0.4) is 0 Å². The van der Waals surface area contributed by atoms with Crippen LogP contribution in [0.1, 0.15) is 57.9 Å². The van der Waals surface area contributed by atoms with Gasteiger partial charge < -0.3 is 4.74 Å². The molecule has 1 atom stereocenters. The van der Waals surface area contributed by atoms with E-state index in [1.165, 1.54) is 37.7 Å². The third-order valence-corrected chi connectivity index (χ3v) is 4.58. The van der Waals surface area contributed by atoms with Gasteiger partial charge in [-0.05, 0) is 57.3 Å². The molecule has 0 aliphatic carbocycles. The van der Waals surface area contributed by atoms with Crippen molar-refractivity contribution >= 4 is 11.8 Å². The quantitative estimate of drug-likeness (QED) is 0.692. The molecule has 1 fully saturated rings. The molecule has 4 nitrogen and oxygen atoms in total. The molecule has 1 saturated heterocycles. The number of benzene rings is 1. The van der Waals surface area contributed by atoms with Gasteiger partial charge in [0.2, 0.25) is 0 Å². The third-order valence-electron chi connectivity index (χ3n) is 4.58. The molecule has 1 aliphatic heterocycles. The minimum absolute atomic E-state index is 0.0876. The smallest absolute Gasteiger partial charge is 0.411 e. The molecule has 0 saturated carbocycles. The maximum Gasteiger partial charge on any atom is 0.411 e. The van der Waals surface area contributed by atoms with Crippen molar-refractivity contribution in [1.82, 2.24) is 4.90 Å². The monoisotopic (exact) mass is 332 g/mol. The van der Waals surface area contributed by atoms with Crippen LogP contribution in [0, 0.1) is 0 Å². The lowest BCUT2D eigenvalue weighted by Gasteiger charge is -2.28. The number of para-hydroxylation sites is 1. The summed E-state index contributed by atoms with van der Waals surface area (Å²) in [6.45, 7) is 7.24. The molecule has 1 amide bonds. The number of amides is 1. The summed E-state index contributed by atoms with van der Waals surface area (Å²) in [4.78, 5) is 14.6. The first-order valence-electron chi connectivity index (χ1n) is 9.47. The molecule has 0 radical (unpaired) electrons. The normalized spacial score (nSPS) is 16.6. The fourth-order valence-corrected chi connectivity index (χ4v) is 3.29. The van der Waals surface area contributed by atoms with Gasteiger partial charge in [0.05, 0.1) is 0 Å². The Morgan fingerprint density at radius 3 is 2.71 bits per heavy atom. The van der Waals surface area contributed by atoms with Gasteiger partial charge in [-0.3, -0.25) is 10.2 Å². The van der Waals surface area contributed by atoms with Gasteiger partial charge in [-0.25, -0.2) is 4.79 Å². The fraction of sp³-hybridized carbons (Fsp3) is 0.650. The molecule has 1 N–H and O–H groups in total. The summed E-state index contributed by atoms with van der Waals surface area (Å²) in [5.41, 5.74) is 2.07. The first-order chi connectivity index (χ1) is 11.7. The summed E-state index contributed by atoms with van der Waals surface area (Å²) < 4.78 is 5.55. The number of nitrogens with zero attached hydrogens (tertiary/aromatic N) is 1. The minimum Gasteiger partial charge on any atom is -0.445 e. The molecule has 24 heavy (non-hydrogen) atoms. The zero-order valence-electron chi connectivity index (χ0n) is 15.2. The number of piperidine rings is 1. The van der Waals surface area contributed by atoms with Crippen molar-refractivity contribution < 1.29 is 9.53 Å². The van der Waals surface area contributed by atoms with Gasteiger partial charge in [0.1, 0.15) is 6.10 Å². The fourth-order valence-electron chi connectivity index (χ4n) is 3.29. The van der Waals surface area contributed by atoms with Gasteiger partial charge in [0.15, 0.2) is 0 Å². The van der Waals surface area contributed by atoms with Crippen molar-refractivity contribution in [2.24, 2.45) is 0 Å². The number of ether oxygens (including phenoxy) is 1. The number of unbranched alkanes of at least 4 members (excludes halogenated alkanes) is 2. The topological polar surface area (TPSA) is 41.6 Å². The number of anilines is 1. The van der Waals surface area contributed by atoms with E-state index in [2.05, 4.69) is 23.2 Å². The molecule has 0 spiro atoms. The van der Waals surface area contributed by atoms with Crippen LogP contribution in [0.5, 0.6) is 0 Å². The molecule has 1 heterocycles. The maximum atomic E-state index is 12.2. The Morgan fingerprint density at radius 1 is 1.21 bits per heavy atom. The number of carbonyl (C=O) groups is 1. The van der Waals surface area contributed by atoms with E-state index in [0.29, 0.717) is 0 Å². The van der Waals surface area contributed by atoms with E-state index < -0.39 is 0 Å². The summed E-state index contributed by atoms with van der Waals surface area (Å²) in [5.74, 6) is 0. The standard InChI is InChI=1S/C20H32N2O2/c1-3-4-6-11-18-12-7-8-13-19(18)21-20(23)24-17(2)16-22-14-9-5-10-15-22/h7-8,12-13,17H,3-6,9-11,14-16H2,1-2H3,(H,21,23)/t17-/m0/s1. The average Bonchev–Trinajstić information content (AvgIpc) is 2.57. The summed E-state index contributed by atoms with van der Waals surface area (Å²) in [6.07, 6.45) is 7.95. The highest BCUT2D eigenvalue weighted by atomic mass is 16.6. The van der Waals surface area contributed by atoms with E-state index in [9.17, 15) is 4.79 Å². The van der Waals surface area contributed by atoms with Crippen LogP contribution in [-0.2, 0) is 11.2 Å². The number of rotatable bonds is 8. The predicted octanol–water partition coefficient (Wildman–Crippen LogP) is 4.84. The molecule has 1 aromatic rings. The first kappa shape index (κ1) is 18.8. The lowest BCUT2D eigenvalue weighted by atomic mass is 10.1. The molecule has 0 bridgehead atoms. The van der Waals surface area contributed by atoms with E-state index in [1.807, 2.05) is 25.1 Å². The minimum atomic E-state index is -0.345. The molecule has 4 heteroatoms. The van der Waals surface area contributed by atoms with Crippen LogP contribution in [0.2, 0.25) is 0 Å². The van der Waals surface area contributed by atoms with Crippen LogP contribution in [0.25, 0.3) is 0 Å². The highest BCUT2D eigenvalue weighted by Gasteiger charge is 2.16. The number of carbonyl (C=O) groups excluding carboxylic acids is 1. The summed E-state index contributed by atoms with van der Waals surface area (Å²) in [5, 5.41) is 2.93. The van der Waals surface area contributed by atoms with E-state index >= 15 is 0 Å². The zero-order chi connectivity index (χ0) is 17.2. The van der Waals surface area contributed by atoms with E-state index in [-0.39, 0.29) is 12.2 Å². The van der Waals surface area contributed by atoms with E-state index in [1.54, 1.807) is 0 Å². The van der Waals surface area contributed by atoms with Gasteiger partial charge in [0, 0.05) is 12.2 Å². The summed E-state index contributed by atoms with van der Waals surface area (Å²) >= 11 is 0. The Kier molecular flexibility index (Phi) is 8.10. The van der Waals surface area contributed by atoms with Crippen LogP contribution in [0.15, 0.2) is 24.3 Å². The number of hydrogen-bond donors (Lipinski definition) is 1. The van der Waals surface area contributed by atoms with Gasteiger partial charge in [-0.1, -0.05) is 44.4 Å². The van der Waals surface area contributed by atoms with Gasteiger partial charge >= 0.3 is 6.09 Å². The molecule has 0 unspecified atom stereocenters. The molecule has 134 valence electrons. The first-order valence-corrected chi connectivity index (χ1v) is 9.47. The molecule has 2 rings (SSSR count). The van der Waals surface area contributed by atoms with Crippen LogP contribution >= 0.6 is 0 Å². The van der Waals surface area contributed by atoms with Crippen molar-refractivity contribution in [2.45, 2.75) is 64.9 Å². The molecular formula is C20H32N2O2. The summed E-state index contributed by atoms with van der Waals surface area (Å²) in [6, 6.07) is 8.02. The van der Waals surface area contributed by atoms with Crippen molar-refractivity contribution in [1.29, 1.82) is 0 Å². The molecule has 1 aliphatic rings. The van der Waals surface area contributed by atoms with E-state index in [4.69, 9.17) is 4.74 Å². The van der Waals surface area contributed by atoms with E-state index in [0.717, 1.165) is 38.2 Å². The Labute approximate surface area is 146 Å². The number of nitrogens with one attached hydrogen (secondary N) is 1. The lowest BCUT2D eigenvalue weighted by molar-refractivity contribution is 0.0833. The number of aryl methyl sites for hydroxylation is 1. The van der Waals surface area contributed by atoms with Crippen LogP contribution in [0.4, 0.5) is 10.5 Å². The highest BCUT2D eigenvalue weighted by Crippen LogP contribution is 2.18. The van der Waals surface area contributed by atoms with Gasteiger partial charge in [-0.2, -0.15) is 0 Å². The average molecular weight is 332 g/mol. The lowest BCUT2D eigenvalue weighted by Crippen LogP contribution is -2.37. The van der Waals surface area contributed by atoms with Gasteiger partial charge in [0.25, 0.3) is 0 Å². The maximum absolute atomic E-state index is 12.2. The Balaban J connectivity index is 1.80. The zero-order valence-corrected chi connectivity index (χ0v) is 15.2. The van der Waals surface area contributed by atoms with Crippen molar-refractivity contribution in [3.63, 3.8) is 0 Å².